The fourth-order valence-electron chi connectivity index (χ4n) is 6.56. The summed E-state index contributed by atoms with van der Waals surface area (Å²) >= 11 is 0. The molecule has 0 saturated heterocycles. The number of rotatable bonds is 6. The summed E-state index contributed by atoms with van der Waals surface area (Å²) in [5, 5.41) is 2.49. The minimum Gasteiger partial charge on any atom is -0.456 e. The van der Waals surface area contributed by atoms with E-state index in [4.69, 9.17) is 22.2 Å². The normalized spacial score (nSPS) is 15.1. The molecule has 4 heteroatoms. The zero-order valence-electron chi connectivity index (χ0n) is 41.6. The molecule has 0 N–H and O–H groups in total. The summed E-state index contributed by atoms with van der Waals surface area (Å²) < 4.78 is 126. The summed E-state index contributed by atoms with van der Waals surface area (Å²) in [7, 11) is 0. The van der Waals surface area contributed by atoms with Crippen molar-refractivity contribution in [3.05, 3.63) is 188 Å². The summed E-state index contributed by atoms with van der Waals surface area (Å²) in [6, 6.07) is 24.6. The van der Waals surface area contributed by atoms with Crippen molar-refractivity contribution in [3.8, 4) is 67.5 Å². The first-order valence-electron chi connectivity index (χ1n) is 23.6. The van der Waals surface area contributed by atoms with Gasteiger partial charge in [0.25, 0.3) is 0 Å². The maximum atomic E-state index is 9.21. The molecule has 10 rings (SSSR count). The zero-order chi connectivity index (χ0) is 47.3. The van der Waals surface area contributed by atoms with Crippen molar-refractivity contribution < 1.29 is 23.6 Å². The van der Waals surface area contributed by atoms with Crippen LogP contribution < -0.4 is 0 Å². The van der Waals surface area contributed by atoms with Crippen LogP contribution in [0.1, 0.15) is 19.2 Å². The number of fused-ring (bicyclic) bond motifs is 4. The third kappa shape index (κ3) is 5.54. The third-order valence-electron chi connectivity index (χ3n) is 9.01. The Hall–Kier alpha value is -7.17. The van der Waals surface area contributed by atoms with Crippen molar-refractivity contribution in [2.24, 2.45) is 0 Å². The smallest absolute Gasteiger partial charge is 0.164 e. The van der Waals surface area contributed by atoms with Crippen LogP contribution in [0.4, 0.5) is 0 Å². The van der Waals surface area contributed by atoms with Gasteiger partial charge in [-0.25, -0.2) is 15.0 Å². The van der Waals surface area contributed by atoms with Gasteiger partial charge in [-0.1, -0.05) is 170 Å². The molecule has 0 unspecified atom stereocenters. The number of nitrogens with zero attached hydrogens (tertiary/aromatic N) is 3. The molecule has 0 saturated carbocycles. The van der Waals surface area contributed by atoms with E-state index in [1.807, 2.05) is 66.7 Å². The lowest BCUT2D eigenvalue weighted by atomic mass is 9.90. The van der Waals surface area contributed by atoms with E-state index in [1.165, 1.54) is 6.07 Å². The zero-order valence-corrected chi connectivity index (χ0v) is 27.6. The molecule has 4 nitrogen and oxygen atoms in total. The van der Waals surface area contributed by atoms with Gasteiger partial charge < -0.3 is 4.42 Å². The second kappa shape index (κ2) is 12.9. The van der Waals surface area contributed by atoms with E-state index in [1.54, 1.807) is 30.3 Å². The molecule has 0 atom stereocenters. The molecule has 8 aromatic carbocycles. The molecule has 0 spiro atoms. The van der Waals surface area contributed by atoms with Crippen molar-refractivity contribution >= 4 is 32.7 Å². The summed E-state index contributed by atoms with van der Waals surface area (Å²) in [4.78, 5) is 13.4. The van der Waals surface area contributed by atoms with Crippen LogP contribution in [0.15, 0.2) is 192 Å². The van der Waals surface area contributed by atoms with Crippen molar-refractivity contribution in [1.82, 2.24) is 15.0 Å². The van der Waals surface area contributed by atoms with E-state index in [9.17, 15) is 1.37 Å². The highest BCUT2D eigenvalue weighted by molar-refractivity contribution is 6.17. The topological polar surface area (TPSA) is 51.8 Å². The van der Waals surface area contributed by atoms with Gasteiger partial charge in [0.15, 0.2) is 17.5 Å². The summed E-state index contributed by atoms with van der Waals surface area (Å²) in [6.07, 6.45) is 0. The Morgan fingerprint density at radius 1 is 0.358 bits per heavy atom. The predicted octanol–water partition coefficient (Wildman–Crippen LogP) is 12.9. The SMILES string of the molecule is [2H]c1cc2c(oc3c([2H])cc([2H])c(-c4ccc(-c5ccc(-c6nc(-c7c([2H])c([2H])c([2H])c([2H])c7[2H])nc(-c7c([2H])c([2H])c([2H])c([2H])c7[2H])n6)cc5)c5ccccc45)c32)c([2H])c1-c1ccccc1. The number of furan rings is 1. The first kappa shape index (κ1) is 19.4. The lowest BCUT2D eigenvalue weighted by molar-refractivity contribution is 0.669. The highest BCUT2D eigenvalue weighted by Crippen LogP contribution is 2.42. The minimum absolute atomic E-state index is 0.0122. The van der Waals surface area contributed by atoms with E-state index in [-0.39, 0.29) is 63.9 Å². The van der Waals surface area contributed by atoms with Crippen LogP contribution in [0.25, 0.3) is 100 Å². The predicted molar refractivity (Wildman–Crippen MR) is 217 cm³/mol. The summed E-state index contributed by atoms with van der Waals surface area (Å²) in [5.74, 6) is -0.795. The Morgan fingerprint density at radius 3 is 1.62 bits per heavy atom. The van der Waals surface area contributed by atoms with Crippen LogP contribution in [0.5, 0.6) is 0 Å². The van der Waals surface area contributed by atoms with Crippen molar-refractivity contribution in [2.75, 3.05) is 0 Å². The Balaban J connectivity index is 1.12. The molecule has 2 aromatic heterocycles. The summed E-state index contributed by atoms with van der Waals surface area (Å²) in [6.45, 7) is 0. The molecule has 0 aliphatic carbocycles. The maximum absolute atomic E-state index is 9.21. The first-order valence-corrected chi connectivity index (χ1v) is 16.6. The van der Waals surface area contributed by atoms with Crippen molar-refractivity contribution in [1.29, 1.82) is 0 Å². The number of hydrogen-bond donors (Lipinski definition) is 0. The van der Waals surface area contributed by atoms with Gasteiger partial charge in [-0.15, -0.1) is 0 Å². The fraction of sp³-hybridized carbons (Fsp3) is 0. The second-order valence-electron chi connectivity index (χ2n) is 12.1. The molecule has 10 aromatic rings. The largest absolute Gasteiger partial charge is 0.456 e. The summed E-state index contributed by atoms with van der Waals surface area (Å²) in [5.41, 5.74) is 3.83. The molecule has 0 fully saturated rings. The highest BCUT2D eigenvalue weighted by atomic mass is 16.3. The van der Waals surface area contributed by atoms with Gasteiger partial charge in [0.05, 0.1) is 19.2 Å². The number of aromatic nitrogens is 3. The van der Waals surface area contributed by atoms with Gasteiger partial charge in [-0.05, 0) is 62.3 Å². The molecular formula is C49H31N3O. The fourth-order valence-corrected chi connectivity index (χ4v) is 6.56. The van der Waals surface area contributed by atoms with Crippen LogP contribution >= 0.6 is 0 Å². The standard InChI is InChI=1S/C49H31N3O/c1-4-13-32(14-5-1)37-27-28-43-45(31-37)53-44-22-12-21-42(46(43)44)41-30-29-38(39-19-10-11-20-40(39)41)33-23-25-36(26-24-33)49-51-47(34-15-6-2-7-16-34)50-48(52-49)35-17-8-3-9-18-35/h1-31H/i2D,3D,6D,7D,8D,9D,15D,16D,17D,18D,21D,22D,27D,31D. The highest BCUT2D eigenvalue weighted by Gasteiger charge is 2.17. The average molecular weight is 692 g/mol. The minimum atomic E-state index is -0.638. The molecule has 0 amide bonds. The molecule has 0 bridgehead atoms. The van der Waals surface area contributed by atoms with Crippen LogP contribution in [-0.4, -0.2) is 15.0 Å². The molecule has 248 valence electrons. The van der Waals surface area contributed by atoms with Crippen molar-refractivity contribution in [2.45, 2.75) is 0 Å². The van der Waals surface area contributed by atoms with Gasteiger partial charge >= 0.3 is 0 Å². The van der Waals surface area contributed by atoms with Gasteiger partial charge in [-0.2, -0.15) is 0 Å². The average Bonchev–Trinajstić information content (AvgIpc) is 3.71. The van der Waals surface area contributed by atoms with E-state index >= 15 is 0 Å². The van der Waals surface area contributed by atoms with Crippen molar-refractivity contribution in [3.63, 3.8) is 0 Å². The molecule has 2 heterocycles. The lowest BCUT2D eigenvalue weighted by Gasteiger charge is -2.13. The quantitative estimate of drug-likeness (QED) is 0.174. The van der Waals surface area contributed by atoms with Crippen LogP contribution in [-0.2, 0) is 0 Å². The molecule has 0 aliphatic rings. The molecule has 53 heavy (non-hydrogen) atoms. The Labute approximate surface area is 326 Å². The Morgan fingerprint density at radius 2 is 0.943 bits per heavy atom. The van der Waals surface area contributed by atoms with E-state index in [2.05, 4.69) is 15.0 Å². The molecule has 0 radical (unpaired) electrons. The van der Waals surface area contributed by atoms with Gasteiger partial charge in [-0.3, -0.25) is 0 Å². The first-order chi connectivity index (χ1) is 32.1. The van der Waals surface area contributed by atoms with Crippen LogP contribution in [0.3, 0.4) is 0 Å². The van der Waals surface area contributed by atoms with E-state index in [0.717, 1.165) is 21.9 Å². The third-order valence-corrected chi connectivity index (χ3v) is 9.01. The van der Waals surface area contributed by atoms with Gasteiger partial charge in [0.2, 0.25) is 0 Å². The lowest BCUT2D eigenvalue weighted by Crippen LogP contribution is -2.00. The number of hydrogen-bond acceptors (Lipinski definition) is 4. The Bertz CT molecular complexity index is 3600. The van der Waals surface area contributed by atoms with Crippen LogP contribution in [0.2, 0.25) is 0 Å². The maximum Gasteiger partial charge on any atom is 0.164 e. The van der Waals surface area contributed by atoms with Crippen LogP contribution in [0, 0.1) is 0 Å². The van der Waals surface area contributed by atoms with Gasteiger partial charge in [0, 0.05) is 27.5 Å². The molecule has 0 aliphatic heterocycles. The van der Waals surface area contributed by atoms with Gasteiger partial charge in [0.1, 0.15) is 11.2 Å². The Kier molecular flexibility index (Phi) is 4.72. The van der Waals surface area contributed by atoms with E-state index in [0.29, 0.717) is 38.6 Å². The molecular weight excluding hydrogens is 647 g/mol. The monoisotopic (exact) mass is 691 g/mol. The second-order valence-corrected chi connectivity index (χ2v) is 12.1. The van der Waals surface area contributed by atoms with E-state index < -0.39 is 60.4 Å². The number of benzene rings is 8.